The number of aryl methyl sites for hydroxylation is 1. The topological polar surface area (TPSA) is 81.0 Å². The molecule has 0 aliphatic carbocycles. The number of piperazine rings is 1. The maximum Gasteiger partial charge on any atom is 0.410 e. The molecule has 2 rings (SSSR count). The van der Waals surface area contributed by atoms with Gasteiger partial charge in [-0.25, -0.2) is 9.59 Å². The molecule has 1 unspecified atom stereocenters. The van der Waals surface area contributed by atoms with Gasteiger partial charge >= 0.3 is 12.1 Å². The molecule has 1 atom stereocenters. The molecule has 1 aromatic rings. The molecule has 0 aromatic carbocycles. The number of nitrogens with zero attached hydrogens (tertiary/aromatic N) is 1. The van der Waals surface area contributed by atoms with Gasteiger partial charge in [-0.05, 0) is 33.8 Å². The van der Waals surface area contributed by atoms with Gasteiger partial charge in [0.15, 0.2) is 0 Å². The van der Waals surface area contributed by atoms with E-state index in [1.54, 1.807) is 17.9 Å². The fourth-order valence-corrected chi connectivity index (χ4v) is 2.42. The summed E-state index contributed by atoms with van der Waals surface area (Å²) < 4.78 is 15.8. The summed E-state index contributed by atoms with van der Waals surface area (Å²) in [6, 6.07) is 1.48. The van der Waals surface area contributed by atoms with Crippen LogP contribution in [0.15, 0.2) is 10.5 Å². The van der Waals surface area contributed by atoms with Crippen LogP contribution in [-0.4, -0.2) is 49.3 Å². The Bertz CT molecular complexity index is 588. The summed E-state index contributed by atoms with van der Waals surface area (Å²) in [7, 11) is 1.33. The number of hydrogen-bond donors (Lipinski definition) is 1. The van der Waals surface area contributed by atoms with Gasteiger partial charge in [0.1, 0.15) is 22.7 Å². The van der Waals surface area contributed by atoms with Crippen molar-refractivity contribution in [3.05, 3.63) is 23.2 Å². The number of hydrogen-bond acceptors (Lipinski definition) is 6. The van der Waals surface area contributed by atoms with E-state index in [4.69, 9.17) is 13.9 Å². The quantitative estimate of drug-likeness (QED) is 0.841. The lowest BCUT2D eigenvalue weighted by Gasteiger charge is -2.34. The van der Waals surface area contributed by atoms with Crippen molar-refractivity contribution in [1.29, 1.82) is 0 Å². The average Bonchev–Trinajstić information content (AvgIpc) is 2.87. The SMILES string of the molecule is COC(=O)c1cc(C2CN(C(=O)OC(C)(C)C)CCN2)oc1C. The van der Waals surface area contributed by atoms with Gasteiger partial charge in [0.25, 0.3) is 0 Å². The van der Waals surface area contributed by atoms with Crippen molar-refractivity contribution >= 4 is 12.1 Å². The molecule has 0 saturated carbocycles. The smallest absolute Gasteiger partial charge is 0.410 e. The van der Waals surface area contributed by atoms with Gasteiger partial charge in [-0.3, -0.25) is 0 Å². The zero-order valence-electron chi connectivity index (χ0n) is 14.3. The lowest BCUT2D eigenvalue weighted by atomic mass is 10.1. The minimum absolute atomic E-state index is 0.187. The van der Waals surface area contributed by atoms with Crippen molar-refractivity contribution in [3.63, 3.8) is 0 Å². The van der Waals surface area contributed by atoms with E-state index in [9.17, 15) is 9.59 Å². The number of ether oxygens (including phenoxy) is 2. The maximum absolute atomic E-state index is 12.2. The largest absolute Gasteiger partial charge is 0.465 e. The van der Waals surface area contributed by atoms with Crippen LogP contribution in [0, 0.1) is 6.92 Å². The van der Waals surface area contributed by atoms with E-state index in [-0.39, 0.29) is 12.1 Å². The molecule has 7 nitrogen and oxygen atoms in total. The Morgan fingerprint density at radius 2 is 2.09 bits per heavy atom. The van der Waals surface area contributed by atoms with Crippen LogP contribution in [0.1, 0.15) is 48.7 Å². The van der Waals surface area contributed by atoms with Gasteiger partial charge in [-0.15, -0.1) is 0 Å². The molecule has 1 aliphatic rings. The predicted octanol–water partition coefficient (Wildman–Crippen LogP) is 2.26. The van der Waals surface area contributed by atoms with Crippen molar-refractivity contribution < 1.29 is 23.5 Å². The van der Waals surface area contributed by atoms with E-state index in [1.165, 1.54) is 7.11 Å². The first-order chi connectivity index (χ1) is 10.7. The summed E-state index contributed by atoms with van der Waals surface area (Å²) in [4.78, 5) is 25.5. The molecule has 1 aliphatic heterocycles. The Kier molecular flexibility index (Phi) is 4.99. The number of carbonyl (C=O) groups excluding carboxylic acids is 2. The first-order valence-electron chi connectivity index (χ1n) is 7.61. The molecule has 128 valence electrons. The summed E-state index contributed by atoms with van der Waals surface area (Å²) in [5.41, 5.74) is -0.129. The third-order valence-corrected chi connectivity index (χ3v) is 3.51. The van der Waals surface area contributed by atoms with Crippen LogP contribution >= 0.6 is 0 Å². The van der Waals surface area contributed by atoms with E-state index in [2.05, 4.69) is 5.32 Å². The monoisotopic (exact) mass is 324 g/mol. The fourth-order valence-electron chi connectivity index (χ4n) is 2.42. The Hall–Kier alpha value is -2.02. The van der Waals surface area contributed by atoms with Crippen molar-refractivity contribution in [3.8, 4) is 0 Å². The highest BCUT2D eigenvalue weighted by molar-refractivity contribution is 5.90. The number of rotatable bonds is 2. The molecule has 0 radical (unpaired) electrons. The highest BCUT2D eigenvalue weighted by Crippen LogP contribution is 2.24. The third kappa shape index (κ3) is 4.25. The van der Waals surface area contributed by atoms with Crippen molar-refractivity contribution in [2.24, 2.45) is 0 Å². The van der Waals surface area contributed by atoms with Gasteiger partial charge in [-0.2, -0.15) is 0 Å². The van der Waals surface area contributed by atoms with Crippen LogP contribution in [-0.2, 0) is 9.47 Å². The van der Waals surface area contributed by atoms with Crippen molar-refractivity contribution in [2.75, 3.05) is 26.7 Å². The molecule has 1 saturated heterocycles. The number of esters is 1. The number of nitrogens with one attached hydrogen (secondary N) is 1. The van der Waals surface area contributed by atoms with E-state index in [0.29, 0.717) is 36.7 Å². The van der Waals surface area contributed by atoms with E-state index < -0.39 is 11.6 Å². The molecule has 0 spiro atoms. The molecular weight excluding hydrogens is 300 g/mol. The number of methoxy groups -OCH3 is 1. The maximum atomic E-state index is 12.2. The predicted molar refractivity (Wildman–Crippen MR) is 83.3 cm³/mol. The van der Waals surface area contributed by atoms with E-state index >= 15 is 0 Å². The second-order valence-corrected chi connectivity index (χ2v) is 6.54. The lowest BCUT2D eigenvalue weighted by Crippen LogP contribution is -2.49. The molecule has 23 heavy (non-hydrogen) atoms. The molecule has 1 amide bonds. The summed E-state index contributed by atoms with van der Waals surface area (Å²) >= 11 is 0. The first-order valence-corrected chi connectivity index (χ1v) is 7.61. The molecule has 7 heteroatoms. The second-order valence-electron chi connectivity index (χ2n) is 6.54. The zero-order valence-corrected chi connectivity index (χ0v) is 14.3. The number of furan rings is 1. The second kappa shape index (κ2) is 6.62. The molecule has 1 N–H and O–H groups in total. The van der Waals surface area contributed by atoms with E-state index in [1.807, 2.05) is 20.8 Å². The average molecular weight is 324 g/mol. The van der Waals surface area contributed by atoms with Gasteiger partial charge in [0, 0.05) is 19.6 Å². The van der Waals surface area contributed by atoms with Crippen LogP contribution in [0.2, 0.25) is 0 Å². The van der Waals surface area contributed by atoms with Crippen LogP contribution < -0.4 is 5.32 Å². The standard InChI is InChI=1S/C16H24N2O5/c1-10-11(14(19)21-5)8-13(22-10)12-9-18(7-6-17-12)15(20)23-16(2,3)4/h8,12,17H,6-7,9H2,1-5H3. The molecule has 2 heterocycles. The van der Waals surface area contributed by atoms with Gasteiger partial charge in [-0.1, -0.05) is 0 Å². The minimum Gasteiger partial charge on any atom is -0.465 e. The third-order valence-electron chi connectivity index (χ3n) is 3.51. The van der Waals surface area contributed by atoms with Crippen LogP contribution in [0.3, 0.4) is 0 Å². The molecule has 0 bridgehead atoms. The Labute approximate surface area is 135 Å². The Morgan fingerprint density at radius 3 is 2.70 bits per heavy atom. The Morgan fingerprint density at radius 1 is 1.39 bits per heavy atom. The van der Waals surface area contributed by atoms with Crippen LogP contribution in [0.5, 0.6) is 0 Å². The number of amides is 1. The molecular formula is C16H24N2O5. The molecule has 1 aromatic heterocycles. The summed E-state index contributed by atoms with van der Waals surface area (Å²) in [5.74, 6) is 0.677. The highest BCUT2D eigenvalue weighted by atomic mass is 16.6. The van der Waals surface area contributed by atoms with Gasteiger partial charge in [0.2, 0.25) is 0 Å². The zero-order chi connectivity index (χ0) is 17.2. The summed E-state index contributed by atoms with van der Waals surface area (Å²) in [5, 5.41) is 3.29. The first kappa shape index (κ1) is 17.3. The number of carbonyl (C=O) groups is 2. The van der Waals surface area contributed by atoms with Crippen molar-refractivity contribution in [2.45, 2.75) is 39.3 Å². The van der Waals surface area contributed by atoms with Gasteiger partial charge < -0.3 is 24.1 Å². The highest BCUT2D eigenvalue weighted by Gasteiger charge is 2.30. The normalized spacial score (nSPS) is 18.7. The fraction of sp³-hybridized carbons (Fsp3) is 0.625. The minimum atomic E-state index is -0.531. The van der Waals surface area contributed by atoms with Crippen molar-refractivity contribution in [1.82, 2.24) is 10.2 Å². The summed E-state index contributed by atoms with van der Waals surface area (Å²) in [6.45, 7) is 8.83. The molecule has 1 fully saturated rings. The van der Waals surface area contributed by atoms with E-state index in [0.717, 1.165) is 0 Å². The van der Waals surface area contributed by atoms with Crippen LogP contribution in [0.25, 0.3) is 0 Å². The van der Waals surface area contributed by atoms with Crippen LogP contribution in [0.4, 0.5) is 4.79 Å². The van der Waals surface area contributed by atoms with Gasteiger partial charge in [0.05, 0.1) is 13.2 Å². The lowest BCUT2D eigenvalue weighted by molar-refractivity contribution is 0.0188. The Balaban J connectivity index is 2.09. The summed E-state index contributed by atoms with van der Waals surface area (Å²) in [6.07, 6.45) is -0.347.